The Hall–Kier alpha value is -1.14. The molecule has 3 rings (SSSR count). The molecule has 20 heavy (non-hydrogen) atoms. The lowest BCUT2D eigenvalue weighted by Gasteiger charge is -2.26. The van der Waals surface area contributed by atoms with Gasteiger partial charge >= 0.3 is 5.97 Å². The number of thiazole rings is 1. The van der Waals surface area contributed by atoms with Crippen LogP contribution in [0, 0.1) is 0 Å². The molecule has 0 bridgehead atoms. The molecule has 0 N–H and O–H groups in total. The van der Waals surface area contributed by atoms with E-state index in [1.54, 1.807) is 11.3 Å². The number of hydrogen-bond donors (Lipinski definition) is 0. The molecule has 1 fully saturated rings. The van der Waals surface area contributed by atoms with Crippen LogP contribution in [0.3, 0.4) is 0 Å². The van der Waals surface area contributed by atoms with Crippen LogP contribution in [0.15, 0.2) is 0 Å². The summed E-state index contributed by atoms with van der Waals surface area (Å²) in [5, 5.41) is 1.04. The van der Waals surface area contributed by atoms with Gasteiger partial charge in [0.05, 0.1) is 25.5 Å². The van der Waals surface area contributed by atoms with Crippen LogP contribution in [-0.4, -0.2) is 43.9 Å². The zero-order valence-corrected chi connectivity index (χ0v) is 12.6. The highest BCUT2D eigenvalue weighted by atomic mass is 32.1. The van der Waals surface area contributed by atoms with E-state index in [9.17, 15) is 4.79 Å². The van der Waals surface area contributed by atoms with Crippen LogP contribution in [0.5, 0.6) is 0 Å². The second-order valence-electron chi connectivity index (χ2n) is 5.10. The molecule has 1 saturated heterocycles. The molecule has 1 aliphatic heterocycles. The maximum absolute atomic E-state index is 12.1. The summed E-state index contributed by atoms with van der Waals surface area (Å²) in [7, 11) is 0. The van der Waals surface area contributed by atoms with Gasteiger partial charge in [-0.2, -0.15) is 0 Å². The Labute approximate surface area is 122 Å². The fraction of sp³-hybridized carbons (Fsp3) is 0.714. The predicted octanol–water partition coefficient (Wildman–Crippen LogP) is 1.96. The first-order valence-electron chi connectivity index (χ1n) is 7.28. The summed E-state index contributed by atoms with van der Waals surface area (Å²) < 4.78 is 10.6. The molecule has 0 aromatic carbocycles. The Kier molecular flexibility index (Phi) is 4.21. The molecule has 0 amide bonds. The summed E-state index contributed by atoms with van der Waals surface area (Å²) >= 11 is 1.73. The van der Waals surface area contributed by atoms with Gasteiger partial charge in [-0.3, -0.25) is 4.79 Å². The van der Waals surface area contributed by atoms with Crippen molar-refractivity contribution < 1.29 is 14.3 Å². The van der Waals surface area contributed by atoms with Gasteiger partial charge in [-0.1, -0.05) is 0 Å². The highest BCUT2D eigenvalue weighted by Crippen LogP contribution is 2.38. The minimum absolute atomic E-state index is 0.118. The Morgan fingerprint density at radius 3 is 3.05 bits per heavy atom. The van der Waals surface area contributed by atoms with E-state index in [1.165, 1.54) is 4.88 Å². The normalized spacial score (nSPS) is 22.4. The number of aromatic nitrogens is 1. The van der Waals surface area contributed by atoms with Crippen LogP contribution >= 0.6 is 11.3 Å². The summed E-state index contributed by atoms with van der Waals surface area (Å²) in [5.41, 5.74) is 0.959. The van der Waals surface area contributed by atoms with Crippen molar-refractivity contribution >= 4 is 22.4 Å². The number of hydrogen-bond acceptors (Lipinski definition) is 6. The molecule has 1 aromatic heterocycles. The van der Waals surface area contributed by atoms with Crippen molar-refractivity contribution in [3.05, 3.63) is 10.6 Å². The van der Waals surface area contributed by atoms with E-state index in [4.69, 9.17) is 14.5 Å². The van der Waals surface area contributed by atoms with E-state index in [0.29, 0.717) is 6.61 Å². The SMILES string of the molecule is CCOC(=O)C1CCCc2sc(N3CCOCC3)nc21. The van der Waals surface area contributed by atoms with E-state index >= 15 is 0 Å². The van der Waals surface area contributed by atoms with Crippen LogP contribution in [0.25, 0.3) is 0 Å². The molecule has 6 heteroatoms. The average molecular weight is 296 g/mol. The summed E-state index contributed by atoms with van der Waals surface area (Å²) in [5.74, 6) is -0.281. The minimum atomic E-state index is -0.162. The molecular formula is C14H20N2O3S. The monoisotopic (exact) mass is 296 g/mol. The van der Waals surface area contributed by atoms with Crippen LogP contribution in [0.1, 0.15) is 36.3 Å². The van der Waals surface area contributed by atoms with Crippen LogP contribution in [0.2, 0.25) is 0 Å². The Bertz CT molecular complexity index is 483. The topological polar surface area (TPSA) is 51.7 Å². The maximum atomic E-state index is 12.1. The molecule has 1 aliphatic carbocycles. The van der Waals surface area contributed by atoms with E-state index in [-0.39, 0.29) is 11.9 Å². The number of morpholine rings is 1. The Morgan fingerprint density at radius 1 is 1.50 bits per heavy atom. The summed E-state index contributed by atoms with van der Waals surface area (Å²) in [6.07, 6.45) is 2.94. The molecule has 0 spiro atoms. The summed E-state index contributed by atoms with van der Waals surface area (Å²) in [6.45, 7) is 5.57. The van der Waals surface area contributed by atoms with Crippen LogP contribution < -0.4 is 4.90 Å². The first-order chi connectivity index (χ1) is 9.79. The lowest BCUT2D eigenvalue weighted by molar-refractivity contribution is -0.145. The molecule has 2 heterocycles. The summed E-state index contributed by atoms with van der Waals surface area (Å²) in [4.78, 5) is 20.3. The Morgan fingerprint density at radius 2 is 2.30 bits per heavy atom. The first-order valence-corrected chi connectivity index (χ1v) is 8.10. The highest BCUT2D eigenvalue weighted by Gasteiger charge is 2.32. The zero-order chi connectivity index (χ0) is 13.9. The van der Waals surface area contributed by atoms with Gasteiger partial charge in [0.15, 0.2) is 5.13 Å². The number of nitrogens with zero attached hydrogens (tertiary/aromatic N) is 2. The highest BCUT2D eigenvalue weighted by molar-refractivity contribution is 7.15. The van der Waals surface area contributed by atoms with Crippen molar-refractivity contribution in [3.8, 4) is 0 Å². The number of esters is 1. The minimum Gasteiger partial charge on any atom is -0.465 e. The maximum Gasteiger partial charge on any atom is 0.315 e. The van der Waals surface area contributed by atoms with Gasteiger partial charge in [0, 0.05) is 18.0 Å². The van der Waals surface area contributed by atoms with Crippen molar-refractivity contribution in [2.45, 2.75) is 32.1 Å². The molecule has 1 aromatic rings. The largest absolute Gasteiger partial charge is 0.465 e. The summed E-state index contributed by atoms with van der Waals surface area (Å²) in [6, 6.07) is 0. The van der Waals surface area contributed by atoms with Crippen molar-refractivity contribution in [1.29, 1.82) is 0 Å². The van der Waals surface area contributed by atoms with E-state index in [2.05, 4.69) is 4.90 Å². The molecule has 5 nitrogen and oxygen atoms in total. The molecular weight excluding hydrogens is 276 g/mol. The molecule has 2 aliphatic rings. The molecule has 1 atom stereocenters. The van der Waals surface area contributed by atoms with Gasteiger partial charge < -0.3 is 14.4 Å². The van der Waals surface area contributed by atoms with Gasteiger partial charge in [0.1, 0.15) is 5.92 Å². The molecule has 110 valence electrons. The number of carbonyl (C=O) groups is 1. The quantitative estimate of drug-likeness (QED) is 0.798. The number of ether oxygens (including phenoxy) is 2. The lowest BCUT2D eigenvalue weighted by atomic mass is 9.91. The number of aryl methyl sites for hydroxylation is 1. The number of carbonyl (C=O) groups excluding carboxylic acids is 1. The third-order valence-electron chi connectivity index (χ3n) is 3.80. The second kappa shape index (κ2) is 6.10. The van der Waals surface area contributed by atoms with E-state index in [0.717, 1.165) is 56.4 Å². The van der Waals surface area contributed by atoms with Gasteiger partial charge in [0.2, 0.25) is 0 Å². The van der Waals surface area contributed by atoms with Crippen molar-refractivity contribution in [1.82, 2.24) is 4.98 Å². The molecule has 0 saturated carbocycles. The second-order valence-corrected chi connectivity index (χ2v) is 6.16. The third kappa shape index (κ3) is 2.67. The molecule has 1 unspecified atom stereocenters. The van der Waals surface area contributed by atoms with Gasteiger partial charge in [-0.05, 0) is 26.2 Å². The average Bonchev–Trinajstić information content (AvgIpc) is 2.92. The van der Waals surface area contributed by atoms with Crippen LogP contribution in [-0.2, 0) is 20.7 Å². The van der Waals surface area contributed by atoms with Crippen molar-refractivity contribution in [2.75, 3.05) is 37.8 Å². The number of rotatable bonds is 3. The Balaban J connectivity index is 1.82. The number of anilines is 1. The first kappa shape index (κ1) is 13.8. The third-order valence-corrected chi connectivity index (χ3v) is 4.99. The smallest absolute Gasteiger partial charge is 0.315 e. The molecule has 0 radical (unpaired) electrons. The predicted molar refractivity (Wildman–Crippen MR) is 77.5 cm³/mol. The van der Waals surface area contributed by atoms with Gasteiger partial charge in [-0.25, -0.2) is 4.98 Å². The lowest BCUT2D eigenvalue weighted by Crippen LogP contribution is -2.36. The van der Waals surface area contributed by atoms with Crippen molar-refractivity contribution in [2.24, 2.45) is 0 Å². The van der Waals surface area contributed by atoms with Crippen molar-refractivity contribution in [3.63, 3.8) is 0 Å². The van der Waals surface area contributed by atoms with Crippen LogP contribution in [0.4, 0.5) is 5.13 Å². The fourth-order valence-electron chi connectivity index (χ4n) is 2.77. The zero-order valence-electron chi connectivity index (χ0n) is 11.8. The number of fused-ring (bicyclic) bond motifs is 1. The standard InChI is InChI=1S/C14H20N2O3S/c1-2-19-13(17)10-4-3-5-11-12(10)15-14(20-11)16-6-8-18-9-7-16/h10H,2-9H2,1H3. The van der Waals surface area contributed by atoms with E-state index < -0.39 is 0 Å². The van der Waals surface area contributed by atoms with Gasteiger partial charge in [-0.15, -0.1) is 11.3 Å². The van der Waals surface area contributed by atoms with Gasteiger partial charge in [0.25, 0.3) is 0 Å². The van der Waals surface area contributed by atoms with E-state index in [1.807, 2.05) is 6.92 Å². The fourth-order valence-corrected chi connectivity index (χ4v) is 3.98.